The lowest BCUT2D eigenvalue weighted by molar-refractivity contribution is -0.385. The van der Waals surface area contributed by atoms with E-state index in [2.05, 4.69) is 10.1 Å². The fraction of sp³-hybridized carbons (Fsp3) is 0.211. The largest absolute Gasteiger partial charge is 0.467 e. The molecule has 0 heterocycles. The predicted molar refractivity (Wildman–Crippen MR) is 98.3 cm³/mol. The molecule has 28 heavy (non-hydrogen) atoms. The monoisotopic (exact) mass is 386 g/mol. The van der Waals surface area contributed by atoms with Gasteiger partial charge in [-0.3, -0.25) is 19.7 Å². The Labute approximate surface area is 160 Å². The summed E-state index contributed by atoms with van der Waals surface area (Å²) in [6.07, 6.45) is 0.766. The Morgan fingerprint density at radius 1 is 1.21 bits per heavy atom. The van der Waals surface area contributed by atoms with Gasteiger partial charge >= 0.3 is 11.7 Å². The number of amides is 1. The van der Waals surface area contributed by atoms with Crippen molar-refractivity contribution < 1.29 is 28.8 Å². The molecule has 0 saturated heterocycles. The number of benzene rings is 2. The van der Waals surface area contributed by atoms with Crippen molar-refractivity contribution >= 4 is 23.9 Å². The third kappa shape index (κ3) is 5.37. The number of nitrogens with zero attached hydrogens (tertiary/aromatic N) is 1. The van der Waals surface area contributed by atoms with Crippen LogP contribution >= 0.6 is 0 Å². The maximum atomic E-state index is 11.8. The summed E-state index contributed by atoms with van der Waals surface area (Å²) in [6.45, 7) is 1.30. The molecule has 0 aliphatic carbocycles. The maximum Gasteiger partial charge on any atom is 0.328 e. The van der Waals surface area contributed by atoms with Crippen LogP contribution in [-0.2, 0) is 20.7 Å². The SMILES string of the molecule is COC(=O)[C@H](Cc1ccc(Oc2cc(C=O)ccc2[N+](=O)[O-])cc1)NC(C)=O. The predicted octanol–water partition coefficient (Wildman–Crippen LogP) is 2.42. The van der Waals surface area contributed by atoms with Crippen LogP contribution in [0.1, 0.15) is 22.8 Å². The Bertz CT molecular complexity index is 894. The Balaban J connectivity index is 2.19. The van der Waals surface area contributed by atoms with Gasteiger partial charge < -0.3 is 14.8 Å². The molecule has 2 aromatic carbocycles. The number of carbonyl (C=O) groups is 3. The maximum absolute atomic E-state index is 11.8. The van der Waals surface area contributed by atoms with E-state index in [4.69, 9.17) is 4.74 Å². The van der Waals surface area contributed by atoms with E-state index in [0.717, 1.165) is 0 Å². The van der Waals surface area contributed by atoms with Crippen LogP contribution in [0.3, 0.4) is 0 Å². The summed E-state index contributed by atoms with van der Waals surface area (Å²) in [4.78, 5) is 44.4. The van der Waals surface area contributed by atoms with Gasteiger partial charge in [0.2, 0.25) is 11.7 Å². The van der Waals surface area contributed by atoms with Gasteiger partial charge in [0.25, 0.3) is 0 Å². The van der Waals surface area contributed by atoms with Crippen molar-refractivity contribution in [2.24, 2.45) is 0 Å². The first-order chi connectivity index (χ1) is 13.3. The summed E-state index contributed by atoms with van der Waals surface area (Å²) in [5.41, 5.74) is 0.687. The lowest BCUT2D eigenvalue weighted by Crippen LogP contribution is -2.41. The highest BCUT2D eigenvalue weighted by atomic mass is 16.6. The normalized spacial score (nSPS) is 11.2. The zero-order chi connectivity index (χ0) is 20.7. The van der Waals surface area contributed by atoms with Crippen molar-refractivity contribution in [1.82, 2.24) is 5.32 Å². The fourth-order valence-corrected chi connectivity index (χ4v) is 2.47. The first-order valence-corrected chi connectivity index (χ1v) is 8.19. The molecule has 9 heteroatoms. The summed E-state index contributed by atoms with van der Waals surface area (Å²) < 4.78 is 10.2. The van der Waals surface area contributed by atoms with Crippen LogP contribution < -0.4 is 10.1 Å². The van der Waals surface area contributed by atoms with E-state index in [1.165, 1.54) is 32.2 Å². The number of rotatable bonds is 8. The molecule has 0 spiro atoms. The van der Waals surface area contributed by atoms with Crippen molar-refractivity contribution in [3.8, 4) is 11.5 Å². The molecule has 0 bridgehead atoms. The number of methoxy groups -OCH3 is 1. The summed E-state index contributed by atoms with van der Waals surface area (Å²) >= 11 is 0. The molecule has 0 fully saturated rings. The van der Waals surface area contributed by atoms with E-state index in [1.807, 2.05) is 0 Å². The molecule has 0 aromatic heterocycles. The molecule has 2 aromatic rings. The number of ether oxygens (including phenoxy) is 2. The molecule has 146 valence electrons. The van der Waals surface area contributed by atoms with Crippen LogP contribution in [0.5, 0.6) is 11.5 Å². The average Bonchev–Trinajstić information content (AvgIpc) is 2.67. The molecule has 0 unspecified atom stereocenters. The lowest BCUT2D eigenvalue weighted by atomic mass is 10.1. The van der Waals surface area contributed by atoms with E-state index in [9.17, 15) is 24.5 Å². The van der Waals surface area contributed by atoms with Crippen LogP contribution in [0.4, 0.5) is 5.69 Å². The highest BCUT2D eigenvalue weighted by molar-refractivity contribution is 5.83. The third-order valence-corrected chi connectivity index (χ3v) is 3.77. The summed E-state index contributed by atoms with van der Waals surface area (Å²) in [6, 6.07) is 9.41. The Kier molecular flexibility index (Phi) is 6.80. The van der Waals surface area contributed by atoms with E-state index in [0.29, 0.717) is 17.6 Å². The molecular weight excluding hydrogens is 368 g/mol. The second kappa shape index (κ2) is 9.26. The number of hydrogen-bond donors (Lipinski definition) is 1. The van der Waals surface area contributed by atoms with E-state index in [-0.39, 0.29) is 29.3 Å². The van der Waals surface area contributed by atoms with Gasteiger partial charge in [0.1, 0.15) is 18.1 Å². The Hall–Kier alpha value is -3.75. The average molecular weight is 386 g/mol. The van der Waals surface area contributed by atoms with Gasteiger partial charge in [0.05, 0.1) is 12.0 Å². The number of nitro benzene ring substituents is 1. The summed E-state index contributed by atoms with van der Waals surface area (Å²) in [7, 11) is 1.23. The first kappa shape index (κ1) is 20.6. The van der Waals surface area contributed by atoms with E-state index >= 15 is 0 Å². The zero-order valence-corrected chi connectivity index (χ0v) is 15.2. The van der Waals surface area contributed by atoms with Crippen molar-refractivity contribution in [3.63, 3.8) is 0 Å². The number of carbonyl (C=O) groups excluding carboxylic acids is 3. The number of hydrogen-bond acceptors (Lipinski definition) is 7. The molecule has 1 amide bonds. The highest BCUT2D eigenvalue weighted by Gasteiger charge is 2.21. The van der Waals surface area contributed by atoms with E-state index < -0.39 is 16.9 Å². The van der Waals surface area contributed by atoms with Gasteiger partial charge in [-0.1, -0.05) is 12.1 Å². The standard InChI is InChI=1S/C19H18N2O7/c1-12(23)20-16(19(24)27-2)9-13-3-6-15(7-4-13)28-18-10-14(11-22)5-8-17(18)21(25)26/h3-8,10-11,16H,9H2,1-2H3,(H,20,23)/t16-/m0/s1. The van der Waals surface area contributed by atoms with Crippen molar-refractivity contribution in [1.29, 1.82) is 0 Å². The fourth-order valence-electron chi connectivity index (χ4n) is 2.47. The zero-order valence-electron chi connectivity index (χ0n) is 15.2. The van der Waals surface area contributed by atoms with Crippen LogP contribution in [0.15, 0.2) is 42.5 Å². The lowest BCUT2D eigenvalue weighted by Gasteiger charge is -2.15. The van der Waals surface area contributed by atoms with Gasteiger partial charge in [-0.05, 0) is 29.8 Å². The molecule has 9 nitrogen and oxygen atoms in total. The third-order valence-electron chi connectivity index (χ3n) is 3.77. The smallest absolute Gasteiger partial charge is 0.328 e. The molecule has 1 N–H and O–H groups in total. The minimum atomic E-state index is -0.834. The second-order valence-electron chi connectivity index (χ2n) is 5.83. The molecule has 0 aliphatic rings. The second-order valence-corrected chi connectivity index (χ2v) is 5.83. The number of esters is 1. The summed E-state index contributed by atoms with van der Waals surface area (Å²) in [5.74, 6) is -0.688. The van der Waals surface area contributed by atoms with Gasteiger partial charge in [0.15, 0.2) is 0 Å². The van der Waals surface area contributed by atoms with Crippen molar-refractivity contribution in [2.75, 3.05) is 7.11 Å². The van der Waals surface area contributed by atoms with Gasteiger partial charge in [0, 0.05) is 25.0 Å². The Morgan fingerprint density at radius 2 is 1.89 bits per heavy atom. The van der Waals surface area contributed by atoms with Crippen LogP contribution in [0, 0.1) is 10.1 Å². The quantitative estimate of drug-likeness (QED) is 0.320. The minimum absolute atomic E-state index is 0.0620. The van der Waals surface area contributed by atoms with Crippen LogP contribution in [0.2, 0.25) is 0 Å². The van der Waals surface area contributed by atoms with Crippen molar-refractivity contribution in [3.05, 3.63) is 63.7 Å². The number of nitrogens with one attached hydrogen (secondary N) is 1. The minimum Gasteiger partial charge on any atom is -0.467 e. The molecule has 0 saturated carbocycles. The van der Waals surface area contributed by atoms with Crippen LogP contribution in [-0.4, -0.2) is 36.2 Å². The topological polar surface area (TPSA) is 125 Å². The highest BCUT2D eigenvalue weighted by Crippen LogP contribution is 2.32. The van der Waals surface area contributed by atoms with Gasteiger partial charge in [-0.2, -0.15) is 0 Å². The molecule has 0 radical (unpaired) electrons. The summed E-state index contributed by atoms with van der Waals surface area (Å²) in [5, 5.41) is 13.6. The van der Waals surface area contributed by atoms with Gasteiger partial charge in [-0.25, -0.2) is 4.79 Å². The Morgan fingerprint density at radius 3 is 2.43 bits per heavy atom. The van der Waals surface area contributed by atoms with Gasteiger partial charge in [-0.15, -0.1) is 0 Å². The molecule has 2 rings (SSSR count). The first-order valence-electron chi connectivity index (χ1n) is 8.19. The molecule has 0 aliphatic heterocycles. The number of nitro groups is 1. The molecule has 1 atom stereocenters. The molecular formula is C19H18N2O7. The van der Waals surface area contributed by atoms with E-state index in [1.54, 1.807) is 24.3 Å². The van der Waals surface area contributed by atoms with Crippen LogP contribution in [0.25, 0.3) is 0 Å². The van der Waals surface area contributed by atoms with Crippen molar-refractivity contribution in [2.45, 2.75) is 19.4 Å². The number of aldehydes is 1.